The molecule has 0 aliphatic carbocycles. The Kier molecular flexibility index (Phi) is 3.87. The molecule has 4 N–H and O–H groups in total. The van der Waals surface area contributed by atoms with E-state index in [1.165, 1.54) is 6.07 Å². The van der Waals surface area contributed by atoms with E-state index in [1.54, 1.807) is 6.07 Å². The van der Waals surface area contributed by atoms with Gasteiger partial charge in [-0.3, -0.25) is 9.59 Å². The Labute approximate surface area is 86.1 Å². The smallest absolute Gasteiger partial charge is 0.305 e. The zero-order chi connectivity index (χ0) is 11.3. The molecule has 1 aromatic rings. The van der Waals surface area contributed by atoms with Crippen molar-refractivity contribution in [2.45, 2.75) is 13.0 Å². The van der Waals surface area contributed by atoms with Crippen LogP contribution in [-0.4, -0.2) is 23.5 Å². The van der Waals surface area contributed by atoms with E-state index in [4.69, 9.17) is 15.3 Å². The van der Waals surface area contributed by atoms with Crippen LogP contribution >= 0.6 is 0 Å². The number of amides is 1. The van der Waals surface area contributed by atoms with E-state index in [0.29, 0.717) is 5.76 Å². The number of hydrogen-bond acceptors (Lipinski definition) is 4. The predicted octanol–water partition coefficient (Wildman–Crippen LogP) is -0.0572. The van der Waals surface area contributed by atoms with Gasteiger partial charge >= 0.3 is 5.97 Å². The Bertz CT molecular complexity index is 359. The number of carboxylic acid groups (broad SMARTS) is 1. The maximum atomic E-state index is 11.3. The topological polar surface area (TPSA) is 106 Å². The van der Waals surface area contributed by atoms with Gasteiger partial charge in [0.05, 0.1) is 13.0 Å². The molecule has 6 nitrogen and oxygen atoms in total. The highest BCUT2D eigenvalue weighted by atomic mass is 16.4. The van der Waals surface area contributed by atoms with Crippen molar-refractivity contribution in [3.63, 3.8) is 0 Å². The van der Waals surface area contributed by atoms with Gasteiger partial charge in [0, 0.05) is 6.54 Å². The first-order valence-corrected chi connectivity index (χ1v) is 4.42. The van der Waals surface area contributed by atoms with Crippen molar-refractivity contribution in [2.75, 3.05) is 6.54 Å². The number of nitrogens with one attached hydrogen (secondary N) is 1. The molecule has 6 heteroatoms. The first-order valence-electron chi connectivity index (χ1n) is 4.42. The van der Waals surface area contributed by atoms with Gasteiger partial charge in [-0.15, -0.1) is 0 Å². The average Bonchev–Trinajstić information content (AvgIpc) is 2.65. The van der Waals surface area contributed by atoms with Gasteiger partial charge in [0.25, 0.3) is 5.91 Å². The quantitative estimate of drug-likeness (QED) is 0.634. The molecule has 82 valence electrons. The van der Waals surface area contributed by atoms with Gasteiger partial charge < -0.3 is 20.6 Å². The summed E-state index contributed by atoms with van der Waals surface area (Å²) in [5.41, 5.74) is 5.30. The number of hydrogen-bond donors (Lipinski definition) is 3. The van der Waals surface area contributed by atoms with Crippen molar-refractivity contribution >= 4 is 11.9 Å². The third-order valence-corrected chi connectivity index (χ3v) is 1.71. The van der Waals surface area contributed by atoms with Crippen LogP contribution in [0, 0.1) is 0 Å². The van der Waals surface area contributed by atoms with Crippen molar-refractivity contribution < 1.29 is 19.1 Å². The second-order valence-corrected chi connectivity index (χ2v) is 2.87. The van der Waals surface area contributed by atoms with Crippen LogP contribution in [0.1, 0.15) is 22.7 Å². The highest BCUT2D eigenvalue weighted by Gasteiger charge is 2.10. The molecule has 0 atom stereocenters. The van der Waals surface area contributed by atoms with Gasteiger partial charge in [-0.1, -0.05) is 0 Å². The van der Waals surface area contributed by atoms with Gasteiger partial charge in [0.15, 0.2) is 5.76 Å². The van der Waals surface area contributed by atoms with Gasteiger partial charge in [-0.2, -0.15) is 0 Å². The number of carbonyl (C=O) groups excluding carboxylic acids is 1. The predicted molar refractivity (Wildman–Crippen MR) is 51.2 cm³/mol. The zero-order valence-corrected chi connectivity index (χ0v) is 8.03. The van der Waals surface area contributed by atoms with E-state index < -0.39 is 11.9 Å². The lowest BCUT2D eigenvalue weighted by molar-refractivity contribution is -0.136. The SMILES string of the molecule is NCc1ccc(C(=O)NCCC(=O)O)o1. The molecule has 0 unspecified atom stereocenters. The van der Waals surface area contributed by atoms with Crippen LogP contribution in [0.2, 0.25) is 0 Å². The van der Waals surface area contributed by atoms with E-state index in [9.17, 15) is 9.59 Å². The fraction of sp³-hybridized carbons (Fsp3) is 0.333. The van der Waals surface area contributed by atoms with Gasteiger partial charge in [-0.25, -0.2) is 0 Å². The summed E-state index contributed by atoms with van der Waals surface area (Å²) >= 11 is 0. The average molecular weight is 212 g/mol. The molecule has 0 spiro atoms. The van der Waals surface area contributed by atoms with Crippen molar-refractivity contribution in [1.29, 1.82) is 0 Å². The molecule has 0 aliphatic heterocycles. The summed E-state index contributed by atoms with van der Waals surface area (Å²) in [5, 5.41) is 10.8. The minimum atomic E-state index is -0.961. The second kappa shape index (κ2) is 5.16. The van der Waals surface area contributed by atoms with Crippen LogP contribution < -0.4 is 11.1 Å². The third kappa shape index (κ3) is 3.43. The Balaban J connectivity index is 2.43. The number of carbonyl (C=O) groups is 2. The molecule has 0 aliphatic rings. The maximum absolute atomic E-state index is 11.3. The fourth-order valence-electron chi connectivity index (χ4n) is 0.980. The van der Waals surface area contributed by atoms with Crippen molar-refractivity contribution in [3.05, 3.63) is 23.7 Å². The number of carboxylic acids is 1. The first-order chi connectivity index (χ1) is 7.13. The molecule has 15 heavy (non-hydrogen) atoms. The summed E-state index contributed by atoms with van der Waals surface area (Å²) in [6, 6.07) is 3.10. The Morgan fingerprint density at radius 3 is 2.73 bits per heavy atom. The van der Waals surface area contributed by atoms with E-state index >= 15 is 0 Å². The lowest BCUT2D eigenvalue weighted by atomic mass is 10.4. The lowest BCUT2D eigenvalue weighted by Crippen LogP contribution is -2.25. The molecule has 0 radical (unpaired) electrons. The minimum absolute atomic E-state index is 0.0762. The number of nitrogens with two attached hydrogens (primary N) is 1. The molecule has 1 rings (SSSR count). The molecule has 1 heterocycles. The molecular formula is C9H12N2O4. The number of aliphatic carboxylic acids is 1. The standard InChI is InChI=1S/C9H12N2O4/c10-5-6-1-2-7(15-6)9(14)11-4-3-8(12)13/h1-2H,3-5,10H2,(H,11,14)(H,12,13). The van der Waals surface area contributed by atoms with Crippen molar-refractivity contribution in [2.24, 2.45) is 5.73 Å². The van der Waals surface area contributed by atoms with Gasteiger partial charge in [-0.05, 0) is 12.1 Å². The van der Waals surface area contributed by atoms with Gasteiger partial charge in [0.1, 0.15) is 5.76 Å². The second-order valence-electron chi connectivity index (χ2n) is 2.87. The summed E-state index contributed by atoms with van der Waals surface area (Å²) in [6.07, 6.45) is -0.115. The summed E-state index contributed by atoms with van der Waals surface area (Å²) < 4.78 is 5.07. The summed E-state index contributed by atoms with van der Waals surface area (Å²) in [5.74, 6) is -0.743. The van der Waals surface area contributed by atoms with Crippen LogP contribution in [0.3, 0.4) is 0 Å². The molecule has 0 aromatic carbocycles. The van der Waals surface area contributed by atoms with E-state index in [-0.39, 0.29) is 25.3 Å². The number of rotatable bonds is 5. The lowest BCUT2D eigenvalue weighted by Gasteiger charge is -1.99. The Morgan fingerprint density at radius 2 is 2.20 bits per heavy atom. The molecule has 0 saturated carbocycles. The van der Waals surface area contributed by atoms with Crippen LogP contribution in [0.25, 0.3) is 0 Å². The van der Waals surface area contributed by atoms with Crippen molar-refractivity contribution in [1.82, 2.24) is 5.32 Å². The third-order valence-electron chi connectivity index (χ3n) is 1.71. The normalized spacial score (nSPS) is 9.93. The van der Waals surface area contributed by atoms with Crippen LogP contribution in [0.15, 0.2) is 16.5 Å². The van der Waals surface area contributed by atoms with Crippen LogP contribution in [-0.2, 0) is 11.3 Å². The first kappa shape index (κ1) is 11.3. The highest BCUT2D eigenvalue weighted by Crippen LogP contribution is 2.06. The van der Waals surface area contributed by atoms with E-state index in [0.717, 1.165) is 0 Å². The maximum Gasteiger partial charge on any atom is 0.305 e. The van der Waals surface area contributed by atoms with E-state index in [1.807, 2.05) is 0 Å². The van der Waals surface area contributed by atoms with Crippen LogP contribution in [0.5, 0.6) is 0 Å². The number of furan rings is 1. The minimum Gasteiger partial charge on any atom is -0.481 e. The summed E-state index contributed by atoms with van der Waals surface area (Å²) in [7, 11) is 0. The molecule has 1 aromatic heterocycles. The molecule has 0 fully saturated rings. The molecular weight excluding hydrogens is 200 g/mol. The summed E-state index contributed by atoms with van der Waals surface area (Å²) in [4.78, 5) is 21.5. The van der Waals surface area contributed by atoms with Crippen molar-refractivity contribution in [3.8, 4) is 0 Å². The fourth-order valence-corrected chi connectivity index (χ4v) is 0.980. The molecule has 0 bridgehead atoms. The van der Waals surface area contributed by atoms with Gasteiger partial charge in [0.2, 0.25) is 0 Å². The monoisotopic (exact) mass is 212 g/mol. The molecule has 0 saturated heterocycles. The zero-order valence-electron chi connectivity index (χ0n) is 8.03. The summed E-state index contributed by atoms with van der Waals surface area (Å²) in [6.45, 7) is 0.301. The van der Waals surface area contributed by atoms with Crippen LogP contribution in [0.4, 0.5) is 0 Å². The highest BCUT2D eigenvalue weighted by molar-refractivity contribution is 5.91. The Morgan fingerprint density at radius 1 is 1.47 bits per heavy atom. The van der Waals surface area contributed by atoms with E-state index in [2.05, 4.69) is 5.32 Å². The largest absolute Gasteiger partial charge is 0.481 e. The molecule has 1 amide bonds. The Hall–Kier alpha value is -1.82.